The van der Waals surface area contributed by atoms with Crippen LogP contribution in [-0.4, -0.2) is 38.9 Å². The molecule has 2 aromatic rings. The van der Waals surface area contributed by atoms with Gasteiger partial charge in [0.05, 0.1) is 4.90 Å². The summed E-state index contributed by atoms with van der Waals surface area (Å²) in [4.78, 5) is 2.25. The summed E-state index contributed by atoms with van der Waals surface area (Å²) in [7, 11) is -3.57. The maximum Gasteiger partial charge on any atom is 0.243 e. The van der Waals surface area contributed by atoms with Crippen LogP contribution in [0.3, 0.4) is 0 Å². The van der Waals surface area contributed by atoms with Crippen LogP contribution in [0.1, 0.15) is 0 Å². The Kier molecular flexibility index (Phi) is 4.23. The summed E-state index contributed by atoms with van der Waals surface area (Å²) in [6, 6.07) is 12.5. The Morgan fingerprint density at radius 2 is 1.43 bits per heavy atom. The maximum atomic E-state index is 13.0. The first-order valence-electron chi connectivity index (χ1n) is 7.33. The largest absolute Gasteiger partial charge is 0.399 e. The van der Waals surface area contributed by atoms with Crippen molar-refractivity contribution in [2.75, 3.05) is 36.8 Å². The lowest BCUT2D eigenvalue weighted by molar-refractivity contribution is 0.385. The second kappa shape index (κ2) is 6.17. The van der Waals surface area contributed by atoms with Crippen LogP contribution in [0.2, 0.25) is 0 Å². The number of benzene rings is 2. The lowest BCUT2D eigenvalue weighted by Gasteiger charge is -2.35. The van der Waals surface area contributed by atoms with Gasteiger partial charge in [0.1, 0.15) is 5.82 Å². The first kappa shape index (κ1) is 15.8. The lowest BCUT2D eigenvalue weighted by atomic mass is 10.2. The summed E-state index contributed by atoms with van der Waals surface area (Å²) >= 11 is 0. The molecule has 122 valence electrons. The van der Waals surface area contributed by atoms with Gasteiger partial charge in [0.15, 0.2) is 0 Å². The van der Waals surface area contributed by atoms with E-state index in [1.807, 2.05) is 24.3 Å². The van der Waals surface area contributed by atoms with Gasteiger partial charge in [-0.3, -0.25) is 0 Å². The zero-order chi connectivity index (χ0) is 16.4. The predicted molar refractivity (Wildman–Crippen MR) is 88.2 cm³/mol. The molecule has 2 N–H and O–H groups in total. The van der Waals surface area contributed by atoms with E-state index >= 15 is 0 Å². The highest BCUT2D eigenvalue weighted by Gasteiger charge is 2.28. The van der Waals surface area contributed by atoms with E-state index in [4.69, 9.17) is 5.73 Å². The molecule has 1 aliphatic heterocycles. The number of nitrogens with two attached hydrogens (primary N) is 1. The number of nitrogen functional groups attached to an aromatic ring is 1. The molecule has 1 heterocycles. The van der Waals surface area contributed by atoms with E-state index in [0.29, 0.717) is 31.9 Å². The van der Waals surface area contributed by atoms with Crippen molar-refractivity contribution in [2.24, 2.45) is 0 Å². The van der Waals surface area contributed by atoms with Gasteiger partial charge in [0, 0.05) is 37.6 Å². The molecule has 0 spiro atoms. The Morgan fingerprint density at radius 1 is 0.870 bits per heavy atom. The SMILES string of the molecule is Nc1ccc(N2CCN(S(=O)(=O)c3ccc(F)cc3)CC2)cc1. The van der Waals surface area contributed by atoms with Crippen LogP contribution in [0.4, 0.5) is 15.8 Å². The van der Waals surface area contributed by atoms with Crippen LogP contribution in [-0.2, 0) is 10.0 Å². The number of hydrogen-bond acceptors (Lipinski definition) is 4. The van der Waals surface area contributed by atoms with Crippen molar-refractivity contribution in [1.82, 2.24) is 4.31 Å². The number of sulfonamides is 1. The van der Waals surface area contributed by atoms with Gasteiger partial charge in [-0.1, -0.05) is 0 Å². The summed E-state index contributed by atoms with van der Waals surface area (Å²) in [5.41, 5.74) is 7.40. The van der Waals surface area contributed by atoms with Crippen molar-refractivity contribution >= 4 is 21.4 Å². The molecule has 23 heavy (non-hydrogen) atoms. The predicted octanol–water partition coefficient (Wildman–Crippen LogP) is 1.92. The number of piperazine rings is 1. The van der Waals surface area contributed by atoms with Crippen LogP contribution in [0.25, 0.3) is 0 Å². The molecule has 1 saturated heterocycles. The monoisotopic (exact) mass is 335 g/mol. The van der Waals surface area contributed by atoms with Crippen LogP contribution in [0.5, 0.6) is 0 Å². The van der Waals surface area contributed by atoms with Gasteiger partial charge in [-0.25, -0.2) is 12.8 Å². The molecule has 0 radical (unpaired) electrons. The second-order valence-corrected chi connectivity index (χ2v) is 7.37. The molecule has 2 aromatic carbocycles. The summed E-state index contributed by atoms with van der Waals surface area (Å²) in [5, 5.41) is 0. The number of halogens is 1. The average molecular weight is 335 g/mol. The van der Waals surface area contributed by atoms with E-state index in [9.17, 15) is 12.8 Å². The Morgan fingerprint density at radius 3 is 2.00 bits per heavy atom. The molecule has 0 aromatic heterocycles. The van der Waals surface area contributed by atoms with Gasteiger partial charge in [0.2, 0.25) is 10.0 Å². The van der Waals surface area contributed by atoms with Gasteiger partial charge in [-0.15, -0.1) is 0 Å². The molecule has 7 heteroatoms. The number of anilines is 2. The molecule has 0 unspecified atom stereocenters. The average Bonchev–Trinajstić information content (AvgIpc) is 2.56. The van der Waals surface area contributed by atoms with Crippen molar-refractivity contribution in [3.8, 4) is 0 Å². The lowest BCUT2D eigenvalue weighted by Crippen LogP contribution is -2.48. The van der Waals surface area contributed by atoms with Crippen molar-refractivity contribution in [3.05, 3.63) is 54.3 Å². The molecule has 0 bridgehead atoms. The standard InChI is InChI=1S/C16H18FN3O2S/c17-13-1-7-16(8-2-13)23(21,22)20-11-9-19(10-12-20)15-5-3-14(18)4-6-15/h1-8H,9-12,18H2. The zero-order valence-corrected chi connectivity index (χ0v) is 13.3. The second-order valence-electron chi connectivity index (χ2n) is 5.44. The fraction of sp³-hybridized carbons (Fsp3) is 0.250. The maximum absolute atomic E-state index is 13.0. The molecule has 0 saturated carbocycles. The summed E-state index contributed by atoms with van der Waals surface area (Å²) < 4.78 is 39.5. The van der Waals surface area contributed by atoms with Crippen LogP contribution in [0, 0.1) is 5.82 Å². The van der Waals surface area contributed by atoms with Gasteiger partial charge >= 0.3 is 0 Å². The van der Waals surface area contributed by atoms with Crippen molar-refractivity contribution in [2.45, 2.75) is 4.90 Å². The van der Waals surface area contributed by atoms with E-state index in [2.05, 4.69) is 4.90 Å². The van der Waals surface area contributed by atoms with Gasteiger partial charge in [-0.05, 0) is 48.5 Å². The van der Waals surface area contributed by atoms with E-state index in [-0.39, 0.29) is 4.90 Å². The topological polar surface area (TPSA) is 66.6 Å². The quantitative estimate of drug-likeness (QED) is 0.870. The molecule has 0 aliphatic carbocycles. The van der Waals surface area contributed by atoms with Crippen LogP contribution < -0.4 is 10.6 Å². The van der Waals surface area contributed by atoms with Crippen molar-refractivity contribution in [1.29, 1.82) is 0 Å². The molecule has 0 atom stereocenters. The third-order valence-electron chi connectivity index (χ3n) is 3.95. The minimum absolute atomic E-state index is 0.125. The highest BCUT2D eigenvalue weighted by molar-refractivity contribution is 7.89. The third-order valence-corrected chi connectivity index (χ3v) is 5.86. The number of hydrogen-bond donors (Lipinski definition) is 1. The van der Waals surface area contributed by atoms with E-state index in [1.165, 1.54) is 16.4 Å². The minimum Gasteiger partial charge on any atom is -0.399 e. The highest BCUT2D eigenvalue weighted by atomic mass is 32.2. The molecular formula is C16H18FN3O2S. The zero-order valence-electron chi connectivity index (χ0n) is 12.5. The third kappa shape index (κ3) is 3.30. The summed E-state index contributed by atoms with van der Waals surface area (Å²) in [5.74, 6) is -0.447. The Labute approximate surface area is 135 Å². The normalized spacial score (nSPS) is 16.5. The Bertz CT molecular complexity index is 768. The molecule has 3 rings (SSSR count). The van der Waals surface area contributed by atoms with Crippen molar-refractivity contribution in [3.63, 3.8) is 0 Å². The number of nitrogens with zero attached hydrogens (tertiary/aromatic N) is 2. The Hall–Kier alpha value is -2.12. The molecule has 1 aliphatic rings. The molecule has 5 nitrogen and oxygen atoms in total. The smallest absolute Gasteiger partial charge is 0.243 e. The Balaban J connectivity index is 1.70. The molecular weight excluding hydrogens is 317 g/mol. The number of rotatable bonds is 3. The van der Waals surface area contributed by atoms with Crippen LogP contribution >= 0.6 is 0 Å². The molecule has 0 amide bonds. The van der Waals surface area contributed by atoms with Gasteiger partial charge < -0.3 is 10.6 Å². The van der Waals surface area contributed by atoms with E-state index in [1.54, 1.807) is 0 Å². The first-order chi connectivity index (χ1) is 11.0. The summed E-state index contributed by atoms with van der Waals surface area (Å²) in [6.07, 6.45) is 0. The van der Waals surface area contributed by atoms with Gasteiger partial charge in [0.25, 0.3) is 0 Å². The summed E-state index contributed by atoms with van der Waals surface area (Å²) in [6.45, 7) is 1.99. The highest BCUT2D eigenvalue weighted by Crippen LogP contribution is 2.22. The van der Waals surface area contributed by atoms with Gasteiger partial charge in [-0.2, -0.15) is 4.31 Å². The fourth-order valence-corrected chi connectivity index (χ4v) is 4.05. The first-order valence-corrected chi connectivity index (χ1v) is 8.77. The fourth-order valence-electron chi connectivity index (χ4n) is 2.63. The van der Waals surface area contributed by atoms with E-state index < -0.39 is 15.8 Å². The van der Waals surface area contributed by atoms with Crippen LogP contribution in [0.15, 0.2) is 53.4 Å². The van der Waals surface area contributed by atoms with Crippen molar-refractivity contribution < 1.29 is 12.8 Å². The minimum atomic E-state index is -3.57. The molecule has 1 fully saturated rings. The van der Waals surface area contributed by atoms with E-state index in [0.717, 1.165) is 17.8 Å².